The van der Waals surface area contributed by atoms with Crippen LogP contribution < -0.4 is 19.3 Å². The van der Waals surface area contributed by atoms with Gasteiger partial charge in [0.25, 0.3) is 0 Å². The molecule has 7 aromatic carbocycles. The smallest absolute Gasteiger partial charge is 0.151 e. The van der Waals surface area contributed by atoms with Gasteiger partial charge >= 0.3 is 0 Å². The Hall–Kier alpha value is -6.40. The van der Waals surface area contributed by atoms with Gasteiger partial charge in [-0.3, -0.25) is 0 Å². The number of anilines is 6. The molecule has 0 N–H and O–H groups in total. The van der Waals surface area contributed by atoms with Gasteiger partial charge < -0.3 is 19.3 Å². The second-order valence-corrected chi connectivity index (χ2v) is 12.1. The minimum Gasteiger partial charge on any atom is -0.453 e. The monoisotopic (exact) mass is 642 g/mol. The summed E-state index contributed by atoms with van der Waals surface area (Å²) in [4.78, 5) is 4.39. The van der Waals surface area contributed by atoms with Crippen LogP contribution in [0, 0.1) is 18.6 Å². The maximum absolute atomic E-state index is 15.1. The molecular formula is C43H28F2N2O2. The third-order valence-electron chi connectivity index (χ3n) is 9.09. The molecule has 0 aromatic heterocycles. The average Bonchev–Trinajstić information content (AvgIpc) is 3.13. The Morgan fingerprint density at radius 3 is 1.10 bits per heavy atom. The van der Waals surface area contributed by atoms with E-state index in [-0.39, 0.29) is 11.6 Å². The molecule has 2 aliphatic rings. The Morgan fingerprint density at radius 1 is 0.408 bits per heavy atom. The van der Waals surface area contributed by atoms with Crippen molar-refractivity contribution < 1.29 is 18.3 Å². The summed E-state index contributed by atoms with van der Waals surface area (Å²) in [7, 11) is 0. The van der Waals surface area contributed by atoms with E-state index < -0.39 is 0 Å². The fourth-order valence-corrected chi connectivity index (χ4v) is 7.02. The number of benzene rings is 7. The van der Waals surface area contributed by atoms with E-state index >= 15 is 8.78 Å². The summed E-state index contributed by atoms with van der Waals surface area (Å²) in [5.74, 6) is 2.09. The Kier molecular flexibility index (Phi) is 6.69. The lowest BCUT2D eigenvalue weighted by Gasteiger charge is -2.39. The third kappa shape index (κ3) is 4.72. The fraction of sp³-hybridized carbons (Fsp3) is 0.0233. The first-order chi connectivity index (χ1) is 24.0. The van der Waals surface area contributed by atoms with Gasteiger partial charge in [0.2, 0.25) is 0 Å². The van der Waals surface area contributed by atoms with Crippen LogP contribution in [0.2, 0.25) is 0 Å². The molecule has 6 heteroatoms. The van der Waals surface area contributed by atoms with Crippen LogP contribution in [0.5, 0.6) is 23.0 Å². The van der Waals surface area contributed by atoms with E-state index in [4.69, 9.17) is 9.47 Å². The van der Waals surface area contributed by atoms with Crippen molar-refractivity contribution in [3.63, 3.8) is 0 Å². The highest BCUT2D eigenvalue weighted by atomic mass is 19.1. The Balaban J connectivity index is 1.45. The zero-order valence-corrected chi connectivity index (χ0v) is 26.4. The number of hydrogen-bond acceptors (Lipinski definition) is 4. The SMILES string of the molecule is Cc1c(N2c3ccccc3Oc3ccccc32)c(-c2cccc(F)c2)cc(-c2cccc(F)c2)c1N1c2ccccc2Oc2ccccc21. The maximum Gasteiger partial charge on any atom is 0.151 e. The summed E-state index contributed by atoms with van der Waals surface area (Å²) in [6.07, 6.45) is 0. The van der Waals surface area contributed by atoms with E-state index in [0.29, 0.717) is 34.1 Å². The second-order valence-electron chi connectivity index (χ2n) is 12.1. The lowest BCUT2D eigenvalue weighted by molar-refractivity contribution is 0.477. The van der Waals surface area contributed by atoms with Crippen molar-refractivity contribution in [1.82, 2.24) is 0 Å². The van der Waals surface area contributed by atoms with Crippen LogP contribution in [0.3, 0.4) is 0 Å². The van der Waals surface area contributed by atoms with Crippen LogP contribution in [-0.4, -0.2) is 0 Å². The molecule has 0 unspecified atom stereocenters. The molecule has 0 aliphatic carbocycles. The molecule has 236 valence electrons. The summed E-state index contributed by atoms with van der Waals surface area (Å²) in [5, 5.41) is 0. The lowest BCUT2D eigenvalue weighted by atomic mass is 9.89. The predicted octanol–water partition coefficient (Wildman–Crippen LogP) is 12.8. The quantitative estimate of drug-likeness (QED) is 0.191. The highest BCUT2D eigenvalue weighted by Crippen LogP contribution is 2.59. The van der Waals surface area contributed by atoms with Crippen LogP contribution >= 0.6 is 0 Å². The highest BCUT2D eigenvalue weighted by molar-refractivity contribution is 6.04. The Morgan fingerprint density at radius 2 is 0.755 bits per heavy atom. The summed E-state index contributed by atoms with van der Waals surface area (Å²) in [6.45, 7) is 2.08. The van der Waals surface area contributed by atoms with Gasteiger partial charge in [-0.25, -0.2) is 8.78 Å². The minimum atomic E-state index is -0.351. The minimum absolute atomic E-state index is 0.351. The molecule has 9 rings (SSSR count). The van der Waals surface area contributed by atoms with Crippen LogP contribution in [0.25, 0.3) is 22.3 Å². The molecule has 0 spiro atoms. The molecule has 2 aliphatic heterocycles. The first kappa shape index (κ1) is 28.8. The van der Waals surface area contributed by atoms with Gasteiger partial charge in [0, 0.05) is 11.1 Å². The molecule has 0 fully saturated rings. The van der Waals surface area contributed by atoms with E-state index in [0.717, 1.165) is 50.8 Å². The highest BCUT2D eigenvalue weighted by Gasteiger charge is 2.34. The van der Waals surface area contributed by atoms with Gasteiger partial charge in [-0.2, -0.15) is 0 Å². The first-order valence-corrected chi connectivity index (χ1v) is 16.1. The number of para-hydroxylation sites is 8. The van der Waals surface area contributed by atoms with Crippen molar-refractivity contribution >= 4 is 34.1 Å². The van der Waals surface area contributed by atoms with E-state index in [1.165, 1.54) is 12.1 Å². The molecule has 0 atom stereocenters. The Bertz CT molecular complexity index is 2170. The second kappa shape index (κ2) is 11.4. The van der Waals surface area contributed by atoms with Gasteiger partial charge in [0.1, 0.15) is 11.6 Å². The standard InChI is InChI=1S/C43H28F2N2O2/c1-27-42(46-34-16-2-6-20-38(34)48-39-21-7-3-17-35(39)46)32(28-12-10-14-30(44)24-28)26-33(29-13-11-15-31(45)25-29)43(27)47-36-18-4-8-22-40(36)49-41-23-9-5-19-37(41)47/h2-26H,1H3. The van der Waals surface area contributed by atoms with Crippen LogP contribution in [0.4, 0.5) is 42.9 Å². The summed E-state index contributed by atoms with van der Waals surface area (Å²) >= 11 is 0. The van der Waals surface area contributed by atoms with E-state index in [2.05, 4.69) is 22.8 Å². The van der Waals surface area contributed by atoms with Crippen molar-refractivity contribution in [2.75, 3.05) is 9.80 Å². The van der Waals surface area contributed by atoms with Crippen LogP contribution in [0.1, 0.15) is 5.56 Å². The molecule has 4 nitrogen and oxygen atoms in total. The fourth-order valence-electron chi connectivity index (χ4n) is 7.02. The lowest BCUT2D eigenvalue weighted by Crippen LogP contribution is -2.21. The van der Waals surface area contributed by atoms with Crippen LogP contribution in [-0.2, 0) is 0 Å². The zero-order chi connectivity index (χ0) is 33.1. The average molecular weight is 643 g/mol. The molecule has 2 heterocycles. The third-order valence-corrected chi connectivity index (χ3v) is 9.09. The van der Waals surface area contributed by atoms with Gasteiger partial charge in [-0.05, 0) is 102 Å². The summed E-state index contributed by atoms with van der Waals surface area (Å²) in [5.41, 5.74) is 8.86. The van der Waals surface area contributed by atoms with Crippen molar-refractivity contribution in [2.45, 2.75) is 6.92 Å². The van der Waals surface area contributed by atoms with E-state index in [1.54, 1.807) is 24.3 Å². The molecule has 0 bridgehead atoms. The molecule has 0 amide bonds. The van der Waals surface area contributed by atoms with E-state index in [9.17, 15) is 0 Å². The molecule has 0 saturated carbocycles. The van der Waals surface area contributed by atoms with E-state index in [1.807, 2.05) is 109 Å². The van der Waals surface area contributed by atoms with Crippen molar-refractivity contribution in [2.24, 2.45) is 0 Å². The molecule has 0 radical (unpaired) electrons. The Labute approximate surface area is 282 Å². The van der Waals surface area contributed by atoms with Crippen molar-refractivity contribution in [3.8, 4) is 45.3 Å². The molecule has 49 heavy (non-hydrogen) atoms. The van der Waals surface area contributed by atoms with Gasteiger partial charge in [0.15, 0.2) is 23.0 Å². The van der Waals surface area contributed by atoms with Gasteiger partial charge in [0.05, 0.1) is 34.1 Å². The number of hydrogen-bond donors (Lipinski definition) is 0. The van der Waals surface area contributed by atoms with Crippen molar-refractivity contribution in [1.29, 1.82) is 0 Å². The molecule has 0 saturated heterocycles. The number of fused-ring (bicyclic) bond motifs is 4. The zero-order valence-electron chi connectivity index (χ0n) is 26.4. The summed E-state index contributed by atoms with van der Waals surface area (Å²) in [6, 6.07) is 46.9. The molecular weight excluding hydrogens is 614 g/mol. The normalized spacial score (nSPS) is 12.6. The largest absolute Gasteiger partial charge is 0.453 e. The van der Waals surface area contributed by atoms with Gasteiger partial charge in [-0.15, -0.1) is 0 Å². The van der Waals surface area contributed by atoms with Crippen molar-refractivity contribution in [3.05, 3.63) is 169 Å². The molecule has 7 aromatic rings. The topological polar surface area (TPSA) is 24.9 Å². The van der Waals surface area contributed by atoms with Crippen LogP contribution in [0.15, 0.2) is 152 Å². The number of rotatable bonds is 4. The number of ether oxygens (including phenoxy) is 2. The predicted molar refractivity (Wildman–Crippen MR) is 191 cm³/mol. The number of nitrogens with zero attached hydrogens (tertiary/aromatic N) is 2. The number of halogens is 2. The first-order valence-electron chi connectivity index (χ1n) is 16.1. The van der Waals surface area contributed by atoms with Gasteiger partial charge in [-0.1, -0.05) is 72.8 Å². The maximum atomic E-state index is 15.1. The summed E-state index contributed by atoms with van der Waals surface area (Å²) < 4.78 is 43.0.